The molecule has 2 rings (SSSR count). The normalized spacial score (nSPS) is 10.5. The highest BCUT2D eigenvalue weighted by molar-refractivity contribution is 5.89. The smallest absolute Gasteiger partial charge is 0.337 e. The number of carboxylic acid groups (broad SMARTS) is 1. The van der Waals surface area contributed by atoms with Crippen molar-refractivity contribution in [1.82, 2.24) is 4.98 Å². The molecule has 0 radical (unpaired) electrons. The first kappa shape index (κ1) is 13.3. The van der Waals surface area contributed by atoms with Crippen LogP contribution in [0.4, 0.5) is 0 Å². The van der Waals surface area contributed by atoms with Crippen molar-refractivity contribution in [3.63, 3.8) is 0 Å². The van der Waals surface area contributed by atoms with Crippen LogP contribution in [-0.4, -0.2) is 16.1 Å². The maximum Gasteiger partial charge on any atom is 0.337 e. The third-order valence-electron chi connectivity index (χ3n) is 3.25. The minimum Gasteiger partial charge on any atom is -0.478 e. The monoisotopic (exact) mass is 255 g/mol. The van der Waals surface area contributed by atoms with Gasteiger partial charge in [0.2, 0.25) is 0 Å². The number of carboxylic acids is 1. The van der Waals surface area contributed by atoms with Crippen molar-refractivity contribution in [2.24, 2.45) is 0 Å². The van der Waals surface area contributed by atoms with Gasteiger partial charge in [0, 0.05) is 5.56 Å². The lowest BCUT2D eigenvalue weighted by molar-refractivity contribution is 0.0695. The largest absolute Gasteiger partial charge is 0.478 e. The number of aromatic carboxylic acids is 1. The van der Waals surface area contributed by atoms with E-state index in [1.54, 1.807) is 19.1 Å². The van der Waals surface area contributed by atoms with Gasteiger partial charge < -0.3 is 5.11 Å². The van der Waals surface area contributed by atoms with Gasteiger partial charge in [0.25, 0.3) is 0 Å². The van der Waals surface area contributed by atoms with Crippen molar-refractivity contribution < 1.29 is 9.90 Å². The Hall–Kier alpha value is -2.16. The summed E-state index contributed by atoms with van der Waals surface area (Å²) in [6, 6.07) is 7.63. The number of aromatic nitrogens is 1. The van der Waals surface area contributed by atoms with Gasteiger partial charge in [-0.05, 0) is 51.0 Å². The Balaban J connectivity index is 2.61. The van der Waals surface area contributed by atoms with Gasteiger partial charge in [-0.3, -0.25) is 4.98 Å². The Bertz CT molecular complexity index is 637. The van der Waals surface area contributed by atoms with Crippen LogP contribution in [0.2, 0.25) is 0 Å². The van der Waals surface area contributed by atoms with E-state index in [0.717, 1.165) is 22.4 Å². The molecule has 98 valence electrons. The average Bonchev–Trinajstić information content (AvgIpc) is 2.26. The Morgan fingerprint density at radius 3 is 2.11 bits per heavy atom. The molecule has 0 atom stereocenters. The fourth-order valence-electron chi connectivity index (χ4n) is 2.51. The summed E-state index contributed by atoms with van der Waals surface area (Å²) in [6.07, 6.45) is 0. The summed E-state index contributed by atoms with van der Waals surface area (Å²) in [5.74, 6) is -0.936. The Labute approximate surface area is 112 Å². The van der Waals surface area contributed by atoms with E-state index in [-0.39, 0.29) is 5.56 Å². The number of nitrogens with zero attached hydrogens (tertiary/aromatic N) is 1. The molecule has 1 aromatic carbocycles. The number of aryl methyl sites for hydroxylation is 4. The first-order valence-corrected chi connectivity index (χ1v) is 6.19. The number of pyridine rings is 1. The zero-order valence-corrected chi connectivity index (χ0v) is 11.6. The van der Waals surface area contributed by atoms with Crippen molar-refractivity contribution in [3.05, 3.63) is 52.2 Å². The lowest BCUT2D eigenvalue weighted by Crippen LogP contribution is -2.03. The lowest BCUT2D eigenvalue weighted by Gasteiger charge is -2.12. The Kier molecular flexibility index (Phi) is 3.38. The van der Waals surface area contributed by atoms with Crippen molar-refractivity contribution in [2.45, 2.75) is 27.7 Å². The second kappa shape index (κ2) is 4.84. The molecule has 1 aromatic heterocycles. The molecule has 0 aliphatic heterocycles. The average molecular weight is 255 g/mol. The molecule has 0 aliphatic carbocycles. The van der Waals surface area contributed by atoms with Gasteiger partial charge in [-0.2, -0.15) is 0 Å². The molecule has 3 nitrogen and oxygen atoms in total. The predicted molar refractivity (Wildman–Crippen MR) is 75.6 cm³/mol. The number of carbonyl (C=O) groups is 1. The third kappa shape index (κ3) is 2.50. The van der Waals surface area contributed by atoms with Gasteiger partial charge in [-0.15, -0.1) is 0 Å². The van der Waals surface area contributed by atoms with Crippen molar-refractivity contribution >= 4 is 5.97 Å². The van der Waals surface area contributed by atoms with Gasteiger partial charge in [-0.1, -0.05) is 17.7 Å². The van der Waals surface area contributed by atoms with E-state index in [2.05, 4.69) is 37.9 Å². The molecule has 2 aromatic rings. The molecule has 0 fully saturated rings. The van der Waals surface area contributed by atoms with Crippen molar-refractivity contribution in [3.8, 4) is 11.3 Å². The van der Waals surface area contributed by atoms with E-state index < -0.39 is 5.97 Å². The second-order valence-corrected chi connectivity index (χ2v) is 4.91. The minimum atomic E-state index is -0.936. The summed E-state index contributed by atoms with van der Waals surface area (Å²) in [5, 5.41) is 9.03. The summed E-state index contributed by atoms with van der Waals surface area (Å²) >= 11 is 0. The molecule has 1 N–H and O–H groups in total. The van der Waals surface area contributed by atoms with Crippen LogP contribution in [-0.2, 0) is 0 Å². The maximum absolute atomic E-state index is 11.0. The van der Waals surface area contributed by atoms with Gasteiger partial charge in [0.15, 0.2) is 0 Å². The van der Waals surface area contributed by atoms with Crippen molar-refractivity contribution in [2.75, 3.05) is 0 Å². The maximum atomic E-state index is 11.0. The fourth-order valence-corrected chi connectivity index (χ4v) is 2.51. The number of hydrogen-bond donors (Lipinski definition) is 1. The molecule has 0 saturated carbocycles. The fraction of sp³-hybridized carbons (Fsp3) is 0.250. The number of rotatable bonds is 2. The first-order chi connectivity index (χ1) is 8.90. The lowest BCUT2D eigenvalue weighted by atomic mass is 9.96. The van der Waals surface area contributed by atoms with Crippen LogP contribution in [0.25, 0.3) is 11.3 Å². The summed E-state index contributed by atoms with van der Waals surface area (Å²) < 4.78 is 0. The Morgan fingerprint density at radius 2 is 1.63 bits per heavy atom. The van der Waals surface area contributed by atoms with Crippen LogP contribution in [0.5, 0.6) is 0 Å². The topological polar surface area (TPSA) is 50.2 Å². The number of benzene rings is 1. The van der Waals surface area contributed by atoms with E-state index in [9.17, 15) is 4.79 Å². The van der Waals surface area contributed by atoms with Crippen LogP contribution < -0.4 is 0 Å². The molecule has 19 heavy (non-hydrogen) atoms. The van der Waals surface area contributed by atoms with E-state index >= 15 is 0 Å². The molecule has 0 bridgehead atoms. The first-order valence-electron chi connectivity index (χ1n) is 6.19. The SMILES string of the molecule is Cc1cc(C)c(-c2ccc(C(=O)O)c(C)n2)c(C)c1. The summed E-state index contributed by atoms with van der Waals surface area (Å²) in [7, 11) is 0. The highest BCUT2D eigenvalue weighted by Gasteiger charge is 2.12. The summed E-state index contributed by atoms with van der Waals surface area (Å²) in [6.45, 7) is 7.90. The molecule has 3 heteroatoms. The highest BCUT2D eigenvalue weighted by atomic mass is 16.4. The molecule has 1 heterocycles. The highest BCUT2D eigenvalue weighted by Crippen LogP contribution is 2.27. The zero-order chi connectivity index (χ0) is 14.2. The number of hydrogen-bond acceptors (Lipinski definition) is 2. The molecule has 0 aliphatic rings. The van der Waals surface area contributed by atoms with E-state index in [0.29, 0.717) is 5.69 Å². The van der Waals surface area contributed by atoms with Crippen LogP contribution in [0.1, 0.15) is 32.7 Å². The quantitative estimate of drug-likeness (QED) is 0.890. The van der Waals surface area contributed by atoms with Crippen LogP contribution in [0, 0.1) is 27.7 Å². The molecular weight excluding hydrogens is 238 g/mol. The predicted octanol–water partition coefficient (Wildman–Crippen LogP) is 3.68. The standard InChI is InChI=1S/C16H17NO2/c1-9-7-10(2)15(11(3)8-9)14-6-5-13(16(18)19)12(4)17-14/h5-8H,1-4H3,(H,18,19). The van der Waals surface area contributed by atoms with E-state index in [1.807, 2.05) is 0 Å². The van der Waals surface area contributed by atoms with Crippen LogP contribution >= 0.6 is 0 Å². The second-order valence-electron chi connectivity index (χ2n) is 4.91. The molecule has 0 unspecified atom stereocenters. The van der Waals surface area contributed by atoms with Crippen LogP contribution in [0.15, 0.2) is 24.3 Å². The zero-order valence-electron chi connectivity index (χ0n) is 11.6. The molecular formula is C16H17NO2. The molecule has 0 amide bonds. The van der Waals surface area contributed by atoms with E-state index in [4.69, 9.17) is 5.11 Å². The molecule has 0 saturated heterocycles. The molecule has 0 spiro atoms. The van der Waals surface area contributed by atoms with Gasteiger partial charge in [0.05, 0.1) is 17.0 Å². The summed E-state index contributed by atoms with van der Waals surface area (Å²) in [5.41, 5.74) is 6.26. The van der Waals surface area contributed by atoms with Gasteiger partial charge >= 0.3 is 5.97 Å². The van der Waals surface area contributed by atoms with Crippen LogP contribution in [0.3, 0.4) is 0 Å². The Morgan fingerprint density at radius 1 is 1.05 bits per heavy atom. The third-order valence-corrected chi connectivity index (χ3v) is 3.25. The van der Waals surface area contributed by atoms with E-state index in [1.165, 1.54) is 5.56 Å². The summed E-state index contributed by atoms with van der Waals surface area (Å²) in [4.78, 5) is 15.4. The van der Waals surface area contributed by atoms with Gasteiger partial charge in [0.1, 0.15) is 0 Å². The van der Waals surface area contributed by atoms with Crippen molar-refractivity contribution in [1.29, 1.82) is 0 Å². The minimum absolute atomic E-state index is 0.256. The van der Waals surface area contributed by atoms with Gasteiger partial charge in [-0.25, -0.2) is 4.79 Å².